The minimum absolute atomic E-state index is 1.29. The van der Waals surface area contributed by atoms with Gasteiger partial charge in [-0.3, -0.25) is 0 Å². The molecule has 1 saturated heterocycles. The van der Waals surface area contributed by atoms with Gasteiger partial charge in [0.1, 0.15) is 0 Å². The first-order valence-electron chi connectivity index (χ1n) is 7.11. The summed E-state index contributed by atoms with van der Waals surface area (Å²) in [6.45, 7) is 2.29. The molecule has 0 N–H and O–H groups in total. The first kappa shape index (κ1) is 11.9. The van der Waals surface area contributed by atoms with Crippen LogP contribution in [0.5, 0.6) is 0 Å². The average molecular weight is 306 g/mol. The van der Waals surface area contributed by atoms with E-state index in [0.29, 0.717) is 0 Å². The van der Waals surface area contributed by atoms with Crippen molar-refractivity contribution < 1.29 is 20.3 Å². The van der Waals surface area contributed by atoms with Crippen molar-refractivity contribution >= 4 is 0 Å². The van der Waals surface area contributed by atoms with E-state index in [2.05, 4.69) is 37.3 Å². The Morgan fingerprint density at radius 1 is 1.18 bits per heavy atom. The standard InChI is InChI=1S/C9H13.C5H5.C2H4.Zr/c1-2-3-6-9-7-4-5-8-9;1-2-4-5-3-1;1-2;/h7-8H,2-4,6H2,1H3;1-3H,4H2;1-2H2;. The summed E-state index contributed by atoms with van der Waals surface area (Å²) >= 11 is -1.86. The van der Waals surface area contributed by atoms with Crippen LogP contribution in [0.2, 0.25) is 8.26 Å². The third kappa shape index (κ3) is 2.24. The molecular weight excluding hydrogens is 283 g/mol. The van der Waals surface area contributed by atoms with Crippen molar-refractivity contribution in [2.75, 3.05) is 0 Å². The number of hydrogen-bond donors (Lipinski definition) is 0. The van der Waals surface area contributed by atoms with Crippen molar-refractivity contribution in [2.24, 2.45) is 0 Å². The van der Waals surface area contributed by atoms with Crippen molar-refractivity contribution in [3.8, 4) is 0 Å². The predicted octanol–water partition coefficient (Wildman–Crippen LogP) is 5.24. The third-order valence-electron chi connectivity index (χ3n) is 4.51. The van der Waals surface area contributed by atoms with Crippen LogP contribution in [0.1, 0.15) is 39.0 Å². The van der Waals surface area contributed by atoms with E-state index >= 15 is 0 Å². The normalized spacial score (nSPS) is 24.6. The molecule has 0 saturated carbocycles. The van der Waals surface area contributed by atoms with Gasteiger partial charge in [0.25, 0.3) is 0 Å². The Kier molecular flexibility index (Phi) is 3.39. The zero-order valence-corrected chi connectivity index (χ0v) is 13.3. The van der Waals surface area contributed by atoms with E-state index in [-0.39, 0.29) is 0 Å². The Bertz CT molecular complexity index is 430. The molecular formula is C16H22Zr. The van der Waals surface area contributed by atoms with E-state index in [4.69, 9.17) is 0 Å². The molecule has 0 aromatic heterocycles. The Morgan fingerprint density at radius 3 is 2.71 bits per heavy atom. The fraction of sp³-hybridized carbons (Fsp3) is 0.500. The third-order valence-corrected chi connectivity index (χ3v) is 16.0. The molecule has 0 aromatic rings. The zero-order chi connectivity index (χ0) is 11.7. The molecule has 3 aliphatic rings. The second kappa shape index (κ2) is 4.84. The van der Waals surface area contributed by atoms with Gasteiger partial charge < -0.3 is 0 Å². The summed E-state index contributed by atoms with van der Waals surface area (Å²) in [6, 6.07) is 0. The van der Waals surface area contributed by atoms with Gasteiger partial charge in [0.15, 0.2) is 0 Å². The first-order valence-corrected chi connectivity index (χ1v) is 13.0. The quantitative estimate of drug-likeness (QED) is 0.651. The molecule has 17 heavy (non-hydrogen) atoms. The Hall–Kier alpha value is -0.157. The van der Waals surface area contributed by atoms with Gasteiger partial charge in [-0.1, -0.05) is 0 Å². The molecule has 1 fully saturated rings. The molecule has 1 aliphatic heterocycles. The van der Waals surface area contributed by atoms with Crippen molar-refractivity contribution in [3.63, 3.8) is 0 Å². The molecule has 3 rings (SSSR count). The molecule has 0 aromatic carbocycles. The van der Waals surface area contributed by atoms with Crippen molar-refractivity contribution in [1.29, 1.82) is 0 Å². The summed E-state index contributed by atoms with van der Waals surface area (Å²) in [7, 11) is 0. The van der Waals surface area contributed by atoms with E-state index in [0.717, 1.165) is 0 Å². The summed E-state index contributed by atoms with van der Waals surface area (Å²) in [6.07, 6.45) is 18.8. The summed E-state index contributed by atoms with van der Waals surface area (Å²) in [5.74, 6) is 0. The van der Waals surface area contributed by atoms with Crippen molar-refractivity contribution in [2.45, 2.75) is 47.3 Å². The molecule has 0 atom stereocenters. The zero-order valence-electron chi connectivity index (χ0n) is 10.8. The van der Waals surface area contributed by atoms with E-state index in [1.807, 2.05) is 6.56 Å². The number of allylic oxidation sites excluding steroid dienone is 8. The Labute approximate surface area is 110 Å². The van der Waals surface area contributed by atoms with Gasteiger partial charge in [-0.05, 0) is 0 Å². The molecule has 0 amide bonds. The first-order chi connectivity index (χ1) is 8.35. The van der Waals surface area contributed by atoms with Crippen LogP contribution in [0.3, 0.4) is 0 Å². The number of hydrogen-bond acceptors (Lipinski definition) is 0. The molecule has 2 aliphatic carbocycles. The minimum atomic E-state index is -1.86. The van der Waals surface area contributed by atoms with Gasteiger partial charge in [-0.2, -0.15) is 0 Å². The summed E-state index contributed by atoms with van der Waals surface area (Å²) in [5.41, 5.74) is 1.65. The summed E-state index contributed by atoms with van der Waals surface area (Å²) < 4.78 is 7.00. The van der Waals surface area contributed by atoms with Crippen LogP contribution >= 0.6 is 0 Å². The van der Waals surface area contributed by atoms with E-state index in [9.17, 15) is 0 Å². The van der Waals surface area contributed by atoms with Gasteiger partial charge in [-0.25, -0.2) is 0 Å². The second-order valence-corrected chi connectivity index (χ2v) is 16.6. The fourth-order valence-corrected chi connectivity index (χ4v) is 16.3. The maximum atomic E-state index is 2.61. The van der Waals surface area contributed by atoms with Gasteiger partial charge in [0.05, 0.1) is 0 Å². The van der Waals surface area contributed by atoms with Crippen molar-refractivity contribution in [1.82, 2.24) is 0 Å². The Balaban J connectivity index is 1.70. The summed E-state index contributed by atoms with van der Waals surface area (Å²) in [4.78, 5) is 0. The Morgan fingerprint density at radius 2 is 2.06 bits per heavy atom. The predicted molar refractivity (Wildman–Crippen MR) is 71.8 cm³/mol. The van der Waals surface area contributed by atoms with Gasteiger partial charge >= 0.3 is 110 Å². The van der Waals surface area contributed by atoms with E-state index in [1.165, 1.54) is 32.1 Å². The maximum absolute atomic E-state index is 2.61. The van der Waals surface area contributed by atoms with Crippen molar-refractivity contribution in [3.05, 3.63) is 42.5 Å². The second-order valence-electron chi connectivity index (χ2n) is 5.66. The average Bonchev–Trinajstić information content (AvgIpc) is 2.85. The van der Waals surface area contributed by atoms with Gasteiger partial charge in [0.2, 0.25) is 0 Å². The fourth-order valence-electron chi connectivity index (χ4n) is 3.25. The monoisotopic (exact) mass is 304 g/mol. The van der Waals surface area contributed by atoms with Crippen LogP contribution in [-0.2, 0) is 20.3 Å². The topological polar surface area (TPSA) is 0 Å². The SMILES string of the molecule is CCCCC1=CC[C]([Zr]2([C]3=CC=CC3)[CH2][CH2]2)=C1. The molecule has 0 nitrogen and oxygen atoms in total. The number of rotatable bonds is 5. The molecule has 1 heterocycles. The van der Waals surface area contributed by atoms with Crippen LogP contribution in [0.15, 0.2) is 42.5 Å². The van der Waals surface area contributed by atoms with Crippen LogP contribution < -0.4 is 0 Å². The molecule has 0 unspecified atom stereocenters. The van der Waals surface area contributed by atoms with E-state index < -0.39 is 20.3 Å². The molecule has 90 valence electrons. The molecule has 1 heteroatoms. The van der Waals surface area contributed by atoms with Crippen LogP contribution in [0, 0.1) is 0 Å². The van der Waals surface area contributed by atoms with Crippen LogP contribution in [0.4, 0.5) is 0 Å². The van der Waals surface area contributed by atoms with E-state index in [1.54, 1.807) is 13.8 Å². The molecule has 0 bridgehead atoms. The van der Waals surface area contributed by atoms with Gasteiger partial charge in [0, 0.05) is 0 Å². The number of unbranched alkanes of at least 4 members (excludes halogenated alkanes) is 1. The molecule has 0 radical (unpaired) electrons. The summed E-state index contributed by atoms with van der Waals surface area (Å²) in [5, 5.41) is 0. The van der Waals surface area contributed by atoms with Crippen LogP contribution in [-0.4, -0.2) is 0 Å². The van der Waals surface area contributed by atoms with Gasteiger partial charge in [-0.15, -0.1) is 0 Å². The molecule has 0 spiro atoms. The van der Waals surface area contributed by atoms with Crippen LogP contribution in [0.25, 0.3) is 0 Å².